The number of carbonyl (C=O) groups excluding carboxylic acids is 1. The lowest BCUT2D eigenvalue weighted by Gasteiger charge is -2.16. The maximum absolute atomic E-state index is 11.6. The zero-order valence-corrected chi connectivity index (χ0v) is 9.05. The normalized spacial score (nSPS) is 25.4. The van der Waals surface area contributed by atoms with Crippen molar-refractivity contribution in [2.75, 3.05) is 13.7 Å². The van der Waals surface area contributed by atoms with Crippen LogP contribution < -0.4 is 11.1 Å². The summed E-state index contributed by atoms with van der Waals surface area (Å²) in [4.78, 5) is 22.4. The Morgan fingerprint density at radius 2 is 2.31 bits per heavy atom. The van der Waals surface area contributed by atoms with Crippen LogP contribution in [0.5, 0.6) is 0 Å². The van der Waals surface area contributed by atoms with E-state index < -0.39 is 12.0 Å². The third-order valence-corrected chi connectivity index (χ3v) is 2.40. The van der Waals surface area contributed by atoms with Crippen LogP contribution in [-0.4, -0.2) is 42.8 Å². The maximum Gasteiger partial charge on any atom is 0.328 e. The Hall–Kier alpha value is -1.40. The Morgan fingerprint density at radius 3 is 2.75 bits per heavy atom. The van der Waals surface area contributed by atoms with Crippen LogP contribution in [0.4, 0.5) is 0 Å². The second kappa shape index (κ2) is 5.62. The van der Waals surface area contributed by atoms with Gasteiger partial charge in [0, 0.05) is 13.2 Å². The SMILES string of the molecule is COCC(NC(=O)C1C=CC(N)C1)C(=O)O. The fourth-order valence-electron chi connectivity index (χ4n) is 1.54. The summed E-state index contributed by atoms with van der Waals surface area (Å²) in [5.41, 5.74) is 5.60. The largest absolute Gasteiger partial charge is 0.480 e. The molecular formula is C10H16N2O4. The summed E-state index contributed by atoms with van der Waals surface area (Å²) in [6.07, 6.45) is 3.97. The van der Waals surface area contributed by atoms with Crippen molar-refractivity contribution in [3.63, 3.8) is 0 Å². The van der Waals surface area contributed by atoms with Gasteiger partial charge >= 0.3 is 5.97 Å². The summed E-state index contributed by atoms with van der Waals surface area (Å²) >= 11 is 0. The van der Waals surface area contributed by atoms with E-state index in [1.807, 2.05) is 0 Å². The number of ether oxygens (including phenoxy) is 1. The van der Waals surface area contributed by atoms with Crippen LogP contribution in [0.2, 0.25) is 0 Å². The molecule has 0 aromatic heterocycles. The molecule has 0 bridgehead atoms. The molecule has 0 spiro atoms. The van der Waals surface area contributed by atoms with Gasteiger partial charge in [0.25, 0.3) is 0 Å². The molecule has 1 amide bonds. The van der Waals surface area contributed by atoms with Crippen LogP contribution in [0.1, 0.15) is 6.42 Å². The summed E-state index contributed by atoms with van der Waals surface area (Å²) in [5.74, 6) is -1.77. The Balaban J connectivity index is 2.49. The smallest absolute Gasteiger partial charge is 0.328 e. The highest BCUT2D eigenvalue weighted by Crippen LogP contribution is 2.16. The topological polar surface area (TPSA) is 102 Å². The van der Waals surface area contributed by atoms with Crippen LogP contribution in [0.25, 0.3) is 0 Å². The molecule has 90 valence electrons. The molecular weight excluding hydrogens is 212 g/mol. The van der Waals surface area contributed by atoms with Crippen molar-refractivity contribution in [1.82, 2.24) is 5.32 Å². The molecule has 0 heterocycles. The van der Waals surface area contributed by atoms with Crippen molar-refractivity contribution in [3.8, 4) is 0 Å². The molecule has 6 nitrogen and oxygen atoms in total. The van der Waals surface area contributed by atoms with E-state index in [2.05, 4.69) is 5.32 Å². The van der Waals surface area contributed by atoms with Crippen LogP contribution in [0, 0.1) is 5.92 Å². The number of carboxylic acid groups (broad SMARTS) is 1. The van der Waals surface area contributed by atoms with Gasteiger partial charge in [-0.3, -0.25) is 4.79 Å². The van der Waals surface area contributed by atoms with Crippen LogP contribution in [0.3, 0.4) is 0 Å². The monoisotopic (exact) mass is 228 g/mol. The van der Waals surface area contributed by atoms with Gasteiger partial charge in [-0.25, -0.2) is 4.79 Å². The fraction of sp³-hybridized carbons (Fsp3) is 0.600. The lowest BCUT2D eigenvalue weighted by atomic mass is 10.1. The zero-order chi connectivity index (χ0) is 12.1. The molecule has 6 heteroatoms. The highest BCUT2D eigenvalue weighted by Gasteiger charge is 2.27. The van der Waals surface area contributed by atoms with E-state index in [4.69, 9.17) is 15.6 Å². The van der Waals surface area contributed by atoms with Gasteiger partial charge in [0.15, 0.2) is 6.04 Å². The predicted octanol–water partition coefficient (Wildman–Crippen LogP) is -0.894. The first kappa shape index (κ1) is 12.7. The van der Waals surface area contributed by atoms with Crippen molar-refractivity contribution in [1.29, 1.82) is 0 Å². The molecule has 0 saturated carbocycles. The number of rotatable bonds is 5. The molecule has 4 N–H and O–H groups in total. The van der Waals surface area contributed by atoms with E-state index in [9.17, 15) is 9.59 Å². The number of hydrogen-bond donors (Lipinski definition) is 3. The number of nitrogens with one attached hydrogen (secondary N) is 1. The van der Waals surface area contributed by atoms with Crippen molar-refractivity contribution < 1.29 is 19.4 Å². The first-order chi connectivity index (χ1) is 7.54. The summed E-state index contributed by atoms with van der Waals surface area (Å²) in [6.45, 7) is -0.0520. The third-order valence-electron chi connectivity index (χ3n) is 2.40. The second-order valence-electron chi connectivity index (χ2n) is 3.75. The summed E-state index contributed by atoms with van der Waals surface area (Å²) < 4.78 is 4.71. The molecule has 0 fully saturated rings. The molecule has 16 heavy (non-hydrogen) atoms. The lowest BCUT2D eigenvalue weighted by molar-refractivity contribution is -0.143. The quantitative estimate of drug-likeness (QED) is 0.530. The maximum atomic E-state index is 11.6. The molecule has 3 atom stereocenters. The fourth-order valence-corrected chi connectivity index (χ4v) is 1.54. The van der Waals surface area contributed by atoms with Gasteiger partial charge < -0.3 is 20.9 Å². The minimum Gasteiger partial charge on any atom is -0.480 e. The Kier molecular flexibility index (Phi) is 4.45. The van der Waals surface area contributed by atoms with E-state index in [1.54, 1.807) is 12.2 Å². The highest BCUT2D eigenvalue weighted by molar-refractivity contribution is 5.86. The molecule has 0 aliphatic heterocycles. The van der Waals surface area contributed by atoms with Crippen molar-refractivity contribution in [2.45, 2.75) is 18.5 Å². The average molecular weight is 228 g/mol. The summed E-state index contributed by atoms with van der Waals surface area (Å²) in [5, 5.41) is 11.2. The minimum atomic E-state index is -1.11. The van der Waals surface area contributed by atoms with Crippen molar-refractivity contribution in [3.05, 3.63) is 12.2 Å². The Morgan fingerprint density at radius 1 is 1.62 bits per heavy atom. The number of carbonyl (C=O) groups is 2. The highest BCUT2D eigenvalue weighted by atomic mass is 16.5. The molecule has 0 aromatic carbocycles. The van der Waals surface area contributed by atoms with Crippen molar-refractivity contribution in [2.24, 2.45) is 11.7 Å². The molecule has 0 radical (unpaired) electrons. The van der Waals surface area contributed by atoms with Crippen molar-refractivity contribution >= 4 is 11.9 Å². The Labute approximate surface area is 93.4 Å². The number of hydrogen-bond acceptors (Lipinski definition) is 4. The molecule has 1 aliphatic carbocycles. The number of amides is 1. The molecule has 1 rings (SSSR count). The predicted molar refractivity (Wildman–Crippen MR) is 56.7 cm³/mol. The van der Waals surface area contributed by atoms with Gasteiger partial charge in [0.05, 0.1) is 12.5 Å². The standard InChI is InChI=1S/C10H16N2O4/c1-16-5-8(10(14)15)12-9(13)6-2-3-7(11)4-6/h2-3,6-8H,4-5,11H2,1H3,(H,12,13)(H,14,15). The molecule has 0 saturated heterocycles. The van der Waals surface area contributed by atoms with Gasteiger partial charge in [-0.15, -0.1) is 0 Å². The van der Waals surface area contributed by atoms with E-state index in [-0.39, 0.29) is 24.5 Å². The van der Waals surface area contributed by atoms with Crippen LogP contribution in [0.15, 0.2) is 12.2 Å². The first-order valence-electron chi connectivity index (χ1n) is 5.00. The number of carboxylic acids is 1. The molecule has 1 aliphatic rings. The first-order valence-corrected chi connectivity index (χ1v) is 5.00. The Bertz CT molecular complexity index is 303. The zero-order valence-electron chi connectivity index (χ0n) is 9.05. The van der Waals surface area contributed by atoms with E-state index in [0.29, 0.717) is 6.42 Å². The van der Waals surface area contributed by atoms with E-state index >= 15 is 0 Å². The minimum absolute atomic E-state index is 0.0520. The molecule has 3 unspecified atom stereocenters. The van der Waals surface area contributed by atoms with E-state index in [1.165, 1.54) is 7.11 Å². The van der Waals surface area contributed by atoms with Gasteiger partial charge in [0.1, 0.15) is 0 Å². The van der Waals surface area contributed by atoms with E-state index in [0.717, 1.165) is 0 Å². The summed E-state index contributed by atoms with van der Waals surface area (Å²) in [7, 11) is 1.38. The van der Waals surface area contributed by atoms with Gasteiger partial charge in [0.2, 0.25) is 5.91 Å². The molecule has 0 aromatic rings. The van der Waals surface area contributed by atoms with Gasteiger partial charge in [-0.2, -0.15) is 0 Å². The number of nitrogens with two attached hydrogens (primary N) is 1. The summed E-state index contributed by atoms with van der Waals surface area (Å²) in [6, 6.07) is -1.14. The number of aliphatic carboxylic acids is 1. The van der Waals surface area contributed by atoms with Crippen LogP contribution >= 0.6 is 0 Å². The van der Waals surface area contributed by atoms with Crippen LogP contribution in [-0.2, 0) is 14.3 Å². The van der Waals surface area contributed by atoms with Gasteiger partial charge in [-0.05, 0) is 6.42 Å². The number of methoxy groups -OCH3 is 1. The average Bonchev–Trinajstić information content (AvgIpc) is 2.64. The third kappa shape index (κ3) is 3.32. The second-order valence-corrected chi connectivity index (χ2v) is 3.75. The lowest BCUT2D eigenvalue weighted by Crippen LogP contribution is -2.46. The van der Waals surface area contributed by atoms with Gasteiger partial charge in [-0.1, -0.05) is 12.2 Å².